The number of ether oxygens (including phenoxy) is 1. The Hall–Kier alpha value is -1.09. The highest BCUT2D eigenvalue weighted by atomic mass is 79.9. The van der Waals surface area contributed by atoms with E-state index in [1.165, 1.54) is 6.92 Å². The maximum Gasteiger partial charge on any atom is 0.308 e. The molecule has 13 heavy (non-hydrogen) atoms. The molecule has 0 saturated heterocycles. The van der Waals surface area contributed by atoms with Crippen molar-refractivity contribution >= 4 is 28.0 Å². The molecule has 0 heterocycles. The van der Waals surface area contributed by atoms with Crippen LogP contribution in [0.5, 0.6) is 5.75 Å². The lowest BCUT2D eigenvalue weighted by Crippen LogP contribution is -2.00. The van der Waals surface area contributed by atoms with Crippen molar-refractivity contribution in [2.45, 2.75) is 6.92 Å². The Kier molecular flexibility index (Phi) is 3.71. The zero-order chi connectivity index (χ0) is 9.68. The molecule has 0 radical (unpaired) electrons. The van der Waals surface area contributed by atoms with Gasteiger partial charge in [0.1, 0.15) is 5.75 Å². The molecule has 0 N–H and O–H groups in total. The van der Waals surface area contributed by atoms with Crippen LogP contribution in [0.4, 0.5) is 0 Å². The van der Waals surface area contributed by atoms with Crippen molar-refractivity contribution in [3.05, 3.63) is 34.8 Å². The lowest BCUT2D eigenvalue weighted by Gasteiger charge is -2.00. The van der Waals surface area contributed by atoms with Gasteiger partial charge < -0.3 is 4.74 Å². The molecule has 0 aromatic heterocycles. The number of hydrogen-bond acceptors (Lipinski definition) is 2. The van der Waals surface area contributed by atoms with E-state index < -0.39 is 0 Å². The molecule has 0 saturated carbocycles. The molecule has 68 valence electrons. The molecule has 0 aliphatic rings. The smallest absolute Gasteiger partial charge is 0.308 e. The first kappa shape index (κ1) is 9.99. The lowest BCUT2D eigenvalue weighted by atomic mass is 10.2. The normalized spacial score (nSPS) is 10.3. The monoisotopic (exact) mass is 240 g/mol. The molecule has 1 aromatic carbocycles. The molecule has 3 heteroatoms. The van der Waals surface area contributed by atoms with Crippen LogP contribution in [0.1, 0.15) is 12.5 Å². The molecule has 0 fully saturated rings. The Labute approximate surface area is 85.3 Å². The van der Waals surface area contributed by atoms with Gasteiger partial charge in [-0.25, -0.2) is 0 Å². The summed E-state index contributed by atoms with van der Waals surface area (Å²) in [5, 5.41) is 0. The molecule has 0 aliphatic carbocycles. The summed E-state index contributed by atoms with van der Waals surface area (Å²) < 4.78 is 4.87. The molecule has 0 bridgehead atoms. The largest absolute Gasteiger partial charge is 0.427 e. The summed E-state index contributed by atoms with van der Waals surface area (Å²) in [5.74, 6) is 0.267. The van der Waals surface area contributed by atoms with E-state index in [1.54, 1.807) is 17.1 Å². The van der Waals surface area contributed by atoms with Gasteiger partial charge in [0.05, 0.1) is 0 Å². The van der Waals surface area contributed by atoms with Crippen molar-refractivity contribution in [3.63, 3.8) is 0 Å². The topological polar surface area (TPSA) is 26.3 Å². The first-order chi connectivity index (χ1) is 6.22. The summed E-state index contributed by atoms with van der Waals surface area (Å²) in [6, 6.07) is 7.25. The van der Waals surface area contributed by atoms with Gasteiger partial charge in [-0.3, -0.25) is 4.79 Å². The SMILES string of the molecule is CC(=O)Oc1ccc(/C=C/Br)cc1. The van der Waals surface area contributed by atoms with E-state index in [1.807, 2.05) is 18.2 Å². The van der Waals surface area contributed by atoms with Gasteiger partial charge in [-0.1, -0.05) is 28.1 Å². The standard InChI is InChI=1S/C10H9BrO2/c1-8(12)13-10-4-2-9(3-5-10)6-7-11/h2-7H,1H3/b7-6+. The second-order valence-electron chi connectivity index (χ2n) is 2.46. The van der Waals surface area contributed by atoms with E-state index in [9.17, 15) is 4.79 Å². The van der Waals surface area contributed by atoms with Crippen LogP contribution in [0, 0.1) is 0 Å². The van der Waals surface area contributed by atoms with Crippen molar-refractivity contribution in [2.24, 2.45) is 0 Å². The van der Waals surface area contributed by atoms with Crippen LogP contribution >= 0.6 is 15.9 Å². The highest BCUT2D eigenvalue weighted by Crippen LogP contribution is 2.13. The molecule has 0 amide bonds. The van der Waals surface area contributed by atoms with Crippen LogP contribution in [0.2, 0.25) is 0 Å². The van der Waals surface area contributed by atoms with Crippen molar-refractivity contribution in [3.8, 4) is 5.75 Å². The minimum absolute atomic E-state index is 0.302. The second-order valence-corrected chi connectivity index (χ2v) is 2.98. The predicted molar refractivity (Wildman–Crippen MR) is 55.7 cm³/mol. The Bertz CT molecular complexity index is 314. The predicted octanol–water partition coefficient (Wildman–Crippen LogP) is 2.98. The Morgan fingerprint density at radius 3 is 2.46 bits per heavy atom. The number of esters is 1. The van der Waals surface area contributed by atoms with E-state index >= 15 is 0 Å². The van der Waals surface area contributed by atoms with E-state index in [-0.39, 0.29) is 5.97 Å². The fourth-order valence-electron chi connectivity index (χ4n) is 0.886. The third-order valence-corrected chi connectivity index (χ3v) is 1.66. The van der Waals surface area contributed by atoms with Crippen LogP contribution in [0.3, 0.4) is 0 Å². The average Bonchev–Trinajstić information content (AvgIpc) is 2.08. The van der Waals surface area contributed by atoms with Crippen LogP contribution in [-0.4, -0.2) is 5.97 Å². The molecule has 2 nitrogen and oxygen atoms in total. The van der Waals surface area contributed by atoms with Gasteiger partial charge in [-0.15, -0.1) is 0 Å². The number of carbonyl (C=O) groups excluding carboxylic acids is 1. The van der Waals surface area contributed by atoms with Crippen molar-refractivity contribution < 1.29 is 9.53 Å². The summed E-state index contributed by atoms with van der Waals surface area (Å²) >= 11 is 3.18. The van der Waals surface area contributed by atoms with Gasteiger partial charge in [0.2, 0.25) is 0 Å². The third-order valence-electron chi connectivity index (χ3n) is 1.40. The fraction of sp³-hybridized carbons (Fsp3) is 0.100. The van der Waals surface area contributed by atoms with Crippen molar-refractivity contribution in [2.75, 3.05) is 0 Å². The van der Waals surface area contributed by atoms with Gasteiger partial charge in [0.25, 0.3) is 0 Å². The molecule has 1 rings (SSSR count). The second kappa shape index (κ2) is 4.82. The molecular weight excluding hydrogens is 232 g/mol. The Balaban J connectivity index is 2.75. The minimum atomic E-state index is -0.302. The van der Waals surface area contributed by atoms with Gasteiger partial charge in [0.15, 0.2) is 0 Å². The summed E-state index contributed by atoms with van der Waals surface area (Å²) in [4.78, 5) is 12.4. The number of hydrogen-bond donors (Lipinski definition) is 0. The van der Waals surface area contributed by atoms with Crippen LogP contribution in [0.15, 0.2) is 29.3 Å². The maximum absolute atomic E-state index is 10.6. The number of rotatable bonds is 2. The Morgan fingerprint density at radius 2 is 2.00 bits per heavy atom. The summed E-state index contributed by atoms with van der Waals surface area (Å²) in [7, 11) is 0. The zero-order valence-corrected chi connectivity index (χ0v) is 8.74. The lowest BCUT2D eigenvalue weighted by molar-refractivity contribution is -0.131. The first-order valence-corrected chi connectivity index (χ1v) is 4.69. The molecule has 0 aliphatic heterocycles. The van der Waals surface area contributed by atoms with Gasteiger partial charge in [-0.05, 0) is 28.8 Å². The van der Waals surface area contributed by atoms with E-state index in [0.717, 1.165) is 5.56 Å². The fourth-order valence-corrected chi connectivity index (χ4v) is 1.19. The van der Waals surface area contributed by atoms with Crippen LogP contribution in [0.25, 0.3) is 6.08 Å². The molecule has 0 spiro atoms. The quantitative estimate of drug-likeness (QED) is 0.587. The Morgan fingerprint density at radius 1 is 1.38 bits per heavy atom. The first-order valence-electron chi connectivity index (χ1n) is 3.77. The molecule has 0 unspecified atom stereocenters. The molecular formula is C10H9BrO2. The molecule has 1 aromatic rings. The van der Waals surface area contributed by atoms with Gasteiger partial charge >= 0.3 is 5.97 Å². The highest BCUT2D eigenvalue weighted by Gasteiger charge is 1.95. The van der Waals surface area contributed by atoms with Crippen molar-refractivity contribution in [1.29, 1.82) is 0 Å². The van der Waals surface area contributed by atoms with Crippen LogP contribution in [-0.2, 0) is 4.79 Å². The maximum atomic E-state index is 10.6. The van der Waals surface area contributed by atoms with Crippen LogP contribution < -0.4 is 4.74 Å². The summed E-state index contributed by atoms with van der Waals surface area (Å²) in [6.07, 6.45) is 1.90. The van der Waals surface area contributed by atoms with Crippen molar-refractivity contribution in [1.82, 2.24) is 0 Å². The number of benzene rings is 1. The van der Waals surface area contributed by atoms with Gasteiger partial charge in [0, 0.05) is 6.92 Å². The zero-order valence-electron chi connectivity index (χ0n) is 7.16. The van der Waals surface area contributed by atoms with E-state index in [2.05, 4.69) is 15.9 Å². The number of halogens is 1. The minimum Gasteiger partial charge on any atom is -0.427 e. The van der Waals surface area contributed by atoms with Gasteiger partial charge in [-0.2, -0.15) is 0 Å². The summed E-state index contributed by atoms with van der Waals surface area (Å²) in [6.45, 7) is 1.38. The molecule has 0 atom stereocenters. The highest BCUT2D eigenvalue weighted by molar-refractivity contribution is 9.11. The third kappa shape index (κ3) is 3.42. The summed E-state index contributed by atoms with van der Waals surface area (Å²) in [5.41, 5.74) is 1.05. The van der Waals surface area contributed by atoms with E-state index in [0.29, 0.717) is 5.75 Å². The van der Waals surface area contributed by atoms with E-state index in [4.69, 9.17) is 4.74 Å². The average molecular weight is 241 g/mol. The number of carbonyl (C=O) groups is 1.